The van der Waals surface area contributed by atoms with Crippen molar-refractivity contribution in [2.45, 2.75) is 45.6 Å². The third kappa shape index (κ3) is 5.33. The smallest absolute Gasteiger partial charge is 0.335 e. The number of ketones is 1. The fraction of sp³-hybridized carbons (Fsp3) is 0.412. The summed E-state index contributed by atoms with van der Waals surface area (Å²) in [5.41, 5.74) is -0.240. The second-order valence-corrected chi connectivity index (χ2v) is 5.95. The molecule has 22 heavy (non-hydrogen) atoms. The minimum atomic E-state index is -1.21. The molecule has 0 aliphatic rings. The Bertz CT molecular complexity index is 595. The van der Waals surface area contributed by atoms with Gasteiger partial charge in [-0.3, -0.25) is 4.79 Å². The lowest BCUT2D eigenvalue weighted by Crippen LogP contribution is -2.27. The van der Waals surface area contributed by atoms with Crippen molar-refractivity contribution in [3.05, 3.63) is 41.0 Å². The topological polar surface area (TPSA) is 94.8 Å². The van der Waals surface area contributed by atoms with Crippen LogP contribution in [-0.4, -0.2) is 32.7 Å². The Balaban J connectivity index is 2.86. The molecule has 1 aromatic rings. The van der Waals surface area contributed by atoms with Crippen LogP contribution < -0.4 is 0 Å². The van der Waals surface area contributed by atoms with E-state index >= 15 is 0 Å². The monoisotopic (exact) mass is 306 g/mol. The van der Waals surface area contributed by atoms with Crippen LogP contribution in [0.3, 0.4) is 0 Å². The highest BCUT2D eigenvalue weighted by Gasteiger charge is 2.26. The number of carboxylic acids is 1. The Morgan fingerprint density at radius 1 is 1.27 bits per heavy atom. The van der Waals surface area contributed by atoms with Crippen LogP contribution in [0.2, 0.25) is 0 Å². The summed E-state index contributed by atoms with van der Waals surface area (Å²) in [6.07, 6.45) is 2.84. The standard InChI is InChI=1S/C17H22O5/c1-11(2)5-4-8-17(3,22)10-15(19)13-9-12(16(20)21)6-7-14(13)18/h5-7,9,18,22H,4,8,10H2,1-3H3,(H,20,21)/t17-/m0/s1. The van der Waals surface area contributed by atoms with Gasteiger partial charge in [-0.05, 0) is 51.8 Å². The Kier molecular flexibility index (Phi) is 5.88. The largest absolute Gasteiger partial charge is 0.507 e. The molecular weight excluding hydrogens is 284 g/mol. The van der Waals surface area contributed by atoms with Gasteiger partial charge in [0.1, 0.15) is 5.75 Å². The van der Waals surface area contributed by atoms with Crippen LogP contribution in [0, 0.1) is 0 Å². The molecule has 120 valence electrons. The summed E-state index contributed by atoms with van der Waals surface area (Å²) < 4.78 is 0. The number of allylic oxidation sites excluding steroid dienone is 2. The van der Waals surface area contributed by atoms with Gasteiger partial charge in [-0.1, -0.05) is 11.6 Å². The molecule has 0 unspecified atom stereocenters. The predicted molar refractivity (Wildman–Crippen MR) is 83.3 cm³/mol. The number of carbonyl (C=O) groups is 2. The van der Waals surface area contributed by atoms with Crippen LogP contribution in [-0.2, 0) is 0 Å². The average molecular weight is 306 g/mol. The van der Waals surface area contributed by atoms with Crippen LogP contribution in [0.5, 0.6) is 5.75 Å². The van der Waals surface area contributed by atoms with Gasteiger partial charge in [0.15, 0.2) is 5.78 Å². The molecule has 0 amide bonds. The van der Waals surface area contributed by atoms with Crippen molar-refractivity contribution < 1.29 is 24.9 Å². The fourth-order valence-electron chi connectivity index (χ4n) is 2.09. The minimum Gasteiger partial charge on any atom is -0.507 e. The molecule has 5 nitrogen and oxygen atoms in total. The number of benzene rings is 1. The fourth-order valence-corrected chi connectivity index (χ4v) is 2.09. The number of phenolic OH excluding ortho intramolecular Hbond substituents is 1. The first-order valence-electron chi connectivity index (χ1n) is 7.07. The third-order valence-corrected chi connectivity index (χ3v) is 3.32. The SMILES string of the molecule is CC(C)=CCC[C@](C)(O)CC(=O)c1cc(C(=O)O)ccc1O. The predicted octanol–water partition coefficient (Wildman–Crippen LogP) is 3.16. The maximum atomic E-state index is 12.2. The van der Waals surface area contributed by atoms with E-state index in [2.05, 4.69) is 0 Å². The third-order valence-electron chi connectivity index (χ3n) is 3.32. The Morgan fingerprint density at radius 3 is 2.45 bits per heavy atom. The molecule has 0 aliphatic carbocycles. The first-order valence-corrected chi connectivity index (χ1v) is 7.07. The van der Waals surface area contributed by atoms with Gasteiger partial charge in [-0.15, -0.1) is 0 Å². The summed E-state index contributed by atoms with van der Waals surface area (Å²) >= 11 is 0. The quantitative estimate of drug-likeness (QED) is 0.531. The first kappa shape index (κ1) is 17.9. The normalized spacial score (nSPS) is 13.3. The molecule has 5 heteroatoms. The molecule has 0 spiro atoms. The van der Waals surface area contributed by atoms with Crippen molar-refractivity contribution in [3.63, 3.8) is 0 Å². The number of rotatable bonds is 7. The number of carboxylic acid groups (broad SMARTS) is 1. The highest BCUT2D eigenvalue weighted by atomic mass is 16.4. The molecule has 0 aliphatic heterocycles. The molecule has 0 fully saturated rings. The van der Waals surface area contributed by atoms with Gasteiger partial charge in [0.05, 0.1) is 16.7 Å². The number of aromatic hydroxyl groups is 1. The van der Waals surface area contributed by atoms with Crippen LogP contribution in [0.15, 0.2) is 29.8 Å². The molecular formula is C17H22O5. The average Bonchev–Trinajstić information content (AvgIpc) is 2.37. The van der Waals surface area contributed by atoms with Crippen LogP contribution in [0.4, 0.5) is 0 Å². The molecule has 0 aromatic heterocycles. The Hall–Kier alpha value is -2.14. The van der Waals surface area contributed by atoms with Gasteiger partial charge in [0.2, 0.25) is 0 Å². The van der Waals surface area contributed by atoms with E-state index in [-0.39, 0.29) is 23.3 Å². The maximum absolute atomic E-state index is 12.2. The Morgan fingerprint density at radius 2 is 1.91 bits per heavy atom. The lowest BCUT2D eigenvalue weighted by molar-refractivity contribution is 0.0397. The first-order chi connectivity index (χ1) is 10.1. The molecule has 0 saturated carbocycles. The zero-order valence-corrected chi connectivity index (χ0v) is 13.1. The Labute approximate surface area is 129 Å². The maximum Gasteiger partial charge on any atom is 0.335 e. The van der Waals surface area contributed by atoms with E-state index in [0.717, 1.165) is 11.6 Å². The summed E-state index contributed by atoms with van der Waals surface area (Å²) in [7, 11) is 0. The van der Waals surface area contributed by atoms with Crippen molar-refractivity contribution >= 4 is 11.8 Å². The van der Waals surface area contributed by atoms with Gasteiger partial charge in [0, 0.05) is 6.42 Å². The van der Waals surface area contributed by atoms with E-state index in [1.807, 2.05) is 19.9 Å². The van der Waals surface area contributed by atoms with Crippen molar-refractivity contribution in [2.75, 3.05) is 0 Å². The molecule has 0 heterocycles. The van der Waals surface area contributed by atoms with Crippen molar-refractivity contribution in [3.8, 4) is 5.75 Å². The number of aliphatic hydroxyl groups is 1. The summed E-state index contributed by atoms with van der Waals surface area (Å²) in [5.74, 6) is -1.94. The van der Waals surface area contributed by atoms with E-state index in [1.165, 1.54) is 12.1 Å². The van der Waals surface area contributed by atoms with E-state index in [0.29, 0.717) is 12.8 Å². The number of hydrogen-bond acceptors (Lipinski definition) is 4. The van der Waals surface area contributed by atoms with E-state index in [4.69, 9.17) is 5.11 Å². The van der Waals surface area contributed by atoms with E-state index < -0.39 is 17.4 Å². The molecule has 0 bridgehead atoms. The summed E-state index contributed by atoms with van der Waals surface area (Å²) in [4.78, 5) is 23.2. The number of aromatic carboxylic acids is 1. The van der Waals surface area contributed by atoms with Gasteiger partial charge < -0.3 is 15.3 Å². The van der Waals surface area contributed by atoms with Crippen molar-refractivity contribution in [2.24, 2.45) is 0 Å². The van der Waals surface area contributed by atoms with Crippen molar-refractivity contribution in [1.82, 2.24) is 0 Å². The summed E-state index contributed by atoms with van der Waals surface area (Å²) in [6.45, 7) is 5.46. The highest BCUT2D eigenvalue weighted by molar-refractivity contribution is 6.01. The van der Waals surface area contributed by atoms with Crippen LogP contribution in [0.1, 0.15) is 60.7 Å². The molecule has 1 rings (SSSR count). The van der Waals surface area contributed by atoms with Gasteiger partial charge >= 0.3 is 5.97 Å². The number of carbonyl (C=O) groups excluding carboxylic acids is 1. The number of Topliss-reactive ketones (excluding diaryl/α,β-unsaturated/α-hetero) is 1. The van der Waals surface area contributed by atoms with Crippen LogP contribution in [0.25, 0.3) is 0 Å². The highest BCUT2D eigenvalue weighted by Crippen LogP contribution is 2.25. The lowest BCUT2D eigenvalue weighted by Gasteiger charge is -2.22. The van der Waals surface area contributed by atoms with Gasteiger partial charge in [-0.2, -0.15) is 0 Å². The molecule has 1 atom stereocenters. The van der Waals surface area contributed by atoms with Gasteiger partial charge in [-0.25, -0.2) is 4.79 Å². The minimum absolute atomic E-state index is 0.0784. The summed E-state index contributed by atoms with van der Waals surface area (Å²) in [6, 6.07) is 3.53. The second kappa shape index (κ2) is 7.22. The van der Waals surface area contributed by atoms with E-state index in [1.54, 1.807) is 6.92 Å². The second-order valence-electron chi connectivity index (χ2n) is 5.95. The van der Waals surface area contributed by atoms with Gasteiger partial charge in [0.25, 0.3) is 0 Å². The molecule has 1 aromatic carbocycles. The van der Waals surface area contributed by atoms with E-state index in [9.17, 15) is 19.8 Å². The lowest BCUT2D eigenvalue weighted by atomic mass is 9.90. The zero-order valence-electron chi connectivity index (χ0n) is 13.1. The molecule has 3 N–H and O–H groups in total. The zero-order chi connectivity index (χ0) is 16.9. The summed E-state index contributed by atoms with van der Waals surface area (Å²) in [5, 5.41) is 28.9. The molecule has 0 radical (unpaired) electrons. The number of hydrogen-bond donors (Lipinski definition) is 3. The molecule has 0 saturated heterocycles. The number of phenols is 1. The van der Waals surface area contributed by atoms with Crippen LogP contribution >= 0.6 is 0 Å². The van der Waals surface area contributed by atoms with Crippen molar-refractivity contribution in [1.29, 1.82) is 0 Å².